The largest absolute Gasteiger partial charge is 0.394 e. The standard InChI is InChI=1S/C20H24N4O2/c25-12-11-24-10-8-19(21-24)17-7-4-9-23(14-17)15-18-13-20(22-26-18)16-5-2-1-3-6-16/h1-3,5-6,8,10,13,17,25H,4,7,9,11-12,14-15H2/t17-/m0/s1. The summed E-state index contributed by atoms with van der Waals surface area (Å²) in [4.78, 5) is 2.41. The van der Waals surface area contributed by atoms with Crippen molar-refractivity contribution in [3.05, 3.63) is 60.1 Å². The topological polar surface area (TPSA) is 67.3 Å². The molecule has 6 nitrogen and oxygen atoms in total. The van der Waals surface area contributed by atoms with Crippen LogP contribution in [0.4, 0.5) is 0 Å². The first kappa shape index (κ1) is 17.0. The smallest absolute Gasteiger partial charge is 0.151 e. The van der Waals surface area contributed by atoms with Gasteiger partial charge in [-0.1, -0.05) is 35.5 Å². The quantitative estimate of drug-likeness (QED) is 0.739. The third kappa shape index (κ3) is 3.86. The minimum atomic E-state index is 0.118. The highest BCUT2D eigenvalue weighted by atomic mass is 16.5. The number of benzene rings is 1. The molecule has 3 heterocycles. The number of nitrogens with zero attached hydrogens (tertiary/aromatic N) is 4. The number of aliphatic hydroxyl groups is 1. The van der Waals surface area contributed by atoms with Gasteiger partial charge in [-0.25, -0.2) is 0 Å². The number of likely N-dealkylation sites (tertiary alicyclic amines) is 1. The Bertz CT molecular complexity index is 827. The van der Waals surface area contributed by atoms with Gasteiger partial charge < -0.3 is 9.63 Å². The number of rotatable bonds is 6. The van der Waals surface area contributed by atoms with Crippen molar-refractivity contribution in [3.8, 4) is 11.3 Å². The van der Waals surface area contributed by atoms with E-state index in [1.807, 2.05) is 47.3 Å². The average molecular weight is 352 g/mol. The van der Waals surface area contributed by atoms with Crippen LogP contribution in [0.25, 0.3) is 11.3 Å². The predicted molar refractivity (Wildman–Crippen MR) is 98.5 cm³/mol. The highest BCUT2D eigenvalue weighted by Gasteiger charge is 2.24. The molecule has 0 spiro atoms. The maximum Gasteiger partial charge on any atom is 0.151 e. The Morgan fingerprint density at radius 2 is 2.08 bits per heavy atom. The van der Waals surface area contributed by atoms with E-state index >= 15 is 0 Å². The molecule has 1 atom stereocenters. The van der Waals surface area contributed by atoms with Crippen LogP contribution in [0.1, 0.15) is 30.2 Å². The molecule has 1 aliphatic heterocycles. The Morgan fingerprint density at radius 3 is 2.92 bits per heavy atom. The third-order valence-corrected chi connectivity index (χ3v) is 4.92. The van der Waals surface area contributed by atoms with Gasteiger partial charge in [0.05, 0.1) is 25.4 Å². The van der Waals surface area contributed by atoms with Crippen LogP contribution in [0.15, 0.2) is 53.2 Å². The lowest BCUT2D eigenvalue weighted by atomic mass is 9.95. The van der Waals surface area contributed by atoms with E-state index in [-0.39, 0.29) is 6.61 Å². The molecule has 1 fully saturated rings. The van der Waals surface area contributed by atoms with E-state index in [4.69, 9.17) is 9.63 Å². The molecule has 26 heavy (non-hydrogen) atoms. The maximum absolute atomic E-state index is 9.04. The van der Waals surface area contributed by atoms with Crippen molar-refractivity contribution in [1.82, 2.24) is 19.8 Å². The molecule has 0 amide bonds. The van der Waals surface area contributed by atoms with Crippen molar-refractivity contribution in [2.45, 2.75) is 31.8 Å². The highest BCUT2D eigenvalue weighted by Crippen LogP contribution is 2.27. The van der Waals surface area contributed by atoms with Crippen molar-refractivity contribution in [3.63, 3.8) is 0 Å². The molecular formula is C20H24N4O2. The summed E-state index contributed by atoms with van der Waals surface area (Å²) in [6, 6.07) is 14.2. The van der Waals surface area contributed by atoms with Crippen molar-refractivity contribution in [1.29, 1.82) is 0 Å². The molecule has 136 valence electrons. The minimum Gasteiger partial charge on any atom is -0.394 e. The predicted octanol–water partition coefficient (Wildman–Crippen LogP) is 2.91. The van der Waals surface area contributed by atoms with Gasteiger partial charge in [0.1, 0.15) is 5.69 Å². The molecular weight excluding hydrogens is 328 g/mol. The van der Waals surface area contributed by atoms with Crippen LogP contribution in [-0.2, 0) is 13.1 Å². The Hall–Kier alpha value is -2.44. The lowest BCUT2D eigenvalue weighted by Gasteiger charge is -2.31. The molecule has 1 aromatic carbocycles. The fourth-order valence-corrected chi connectivity index (χ4v) is 3.62. The summed E-state index contributed by atoms with van der Waals surface area (Å²) in [6.07, 6.45) is 4.25. The number of piperidine rings is 1. The van der Waals surface area contributed by atoms with E-state index in [0.29, 0.717) is 12.5 Å². The van der Waals surface area contributed by atoms with E-state index in [9.17, 15) is 0 Å². The van der Waals surface area contributed by atoms with Gasteiger partial charge in [0, 0.05) is 30.3 Å². The van der Waals surface area contributed by atoms with E-state index in [1.165, 1.54) is 0 Å². The van der Waals surface area contributed by atoms with Crippen LogP contribution >= 0.6 is 0 Å². The Balaban J connectivity index is 1.40. The minimum absolute atomic E-state index is 0.118. The number of aliphatic hydroxyl groups excluding tert-OH is 1. The summed E-state index contributed by atoms with van der Waals surface area (Å²) in [6.45, 7) is 3.48. The summed E-state index contributed by atoms with van der Waals surface area (Å²) < 4.78 is 7.38. The molecule has 0 bridgehead atoms. The second kappa shape index (κ2) is 7.85. The van der Waals surface area contributed by atoms with E-state index in [2.05, 4.69) is 21.2 Å². The summed E-state index contributed by atoms with van der Waals surface area (Å²) in [7, 11) is 0. The van der Waals surface area contributed by atoms with Crippen LogP contribution in [0.5, 0.6) is 0 Å². The number of hydrogen-bond donors (Lipinski definition) is 1. The van der Waals surface area contributed by atoms with Crippen molar-refractivity contribution < 1.29 is 9.63 Å². The average Bonchev–Trinajstić information content (AvgIpc) is 3.33. The lowest BCUT2D eigenvalue weighted by molar-refractivity contribution is 0.178. The summed E-state index contributed by atoms with van der Waals surface area (Å²) >= 11 is 0. The van der Waals surface area contributed by atoms with Gasteiger partial charge in [-0.15, -0.1) is 0 Å². The molecule has 0 unspecified atom stereocenters. The Labute approximate surface area is 153 Å². The first-order valence-corrected chi connectivity index (χ1v) is 9.19. The van der Waals surface area contributed by atoms with Crippen LogP contribution in [-0.4, -0.2) is 44.6 Å². The van der Waals surface area contributed by atoms with Gasteiger partial charge in [-0.2, -0.15) is 5.10 Å². The van der Waals surface area contributed by atoms with E-state index in [0.717, 1.165) is 55.2 Å². The third-order valence-electron chi connectivity index (χ3n) is 4.92. The maximum atomic E-state index is 9.04. The van der Waals surface area contributed by atoms with Crippen LogP contribution < -0.4 is 0 Å². The van der Waals surface area contributed by atoms with E-state index < -0.39 is 0 Å². The van der Waals surface area contributed by atoms with Gasteiger partial charge >= 0.3 is 0 Å². The summed E-state index contributed by atoms with van der Waals surface area (Å²) in [5.74, 6) is 1.33. The monoisotopic (exact) mass is 352 g/mol. The molecule has 0 aliphatic carbocycles. The zero-order valence-electron chi connectivity index (χ0n) is 14.8. The number of hydrogen-bond acceptors (Lipinski definition) is 5. The van der Waals surface area contributed by atoms with Crippen LogP contribution in [0, 0.1) is 0 Å². The SMILES string of the molecule is OCCn1ccc([C@H]2CCCN(Cc3cc(-c4ccccc4)no3)C2)n1. The second-order valence-corrected chi connectivity index (χ2v) is 6.85. The van der Waals surface area contributed by atoms with Gasteiger partial charge in [-0.05, 0) is 25.5 Å². The zero-order valence-corrected chi connectivity index (χ0v) is 14.8. The second-order valence-electron chi connectivity index (χ2n) is 6.85. The molecule has 3 aromatic rings. The van der Waals surface area contributed by atoms with Gasteiger partial charge in [-0.3, -0.25) is 9.58 Å². The molecule has 2 aromatic heterocycles. The fourth-order valence-electron chi connectivity index (χ4n) is 3.62. The first-order chi connectivity index (χ1) is 12.8. The van der Waals surface area contributed by atoms with Gasteiger partial charge in [0.2, 0.25) is 0 Å². The first-order valence-electron chi connectivity index (χ1n) is 9.19. The molecule has 0 radical (unpaired) electrons. The molecule has 4 rings (SSSR count). The van der Waals surface area contributed by atoms with Gasteiger partial charge in [0.15, 0.2) is 5.76 Å². The Morgan fingerprint density at radius 1 is 1.19 bits per heavy atom. The molecule has 1 aliphatic rings. The van der Waals surface area contributed by atoms with Gasteiger partial charge in [0.25, 0.3) is 0 Å². The molecule has 6 heteroatoms. The lowest BCUT2D eigenvalue weighted by Crippen LogP contribution is -2.34. The molecule has 0 saturated carbocycles. The fraction of sp³-hybridized carbons (Fsp3) is 0.400. The summed E-state index contributed by atoms with van der Waals surface area (Å²) in [5.41, 5.74) is 3.08. The zero-order chi connectivity index (χ0) is 17.8. The van der Waals surface area contributed by atoms with Crippen molar-refractivity contribution in [2.75, 3.05) is 19.7 Å². The van der Waals surface area contributed by atoms with E-state index in [1.54, 1.807) is 0 Å². The Kier molecular flexibility index (Phi) is 5.13. The molecule has 1 N–H and O–H groups in total. The van der Waals surface area contributed by atoms with Crippen LogP contribution in [0.3, 0.4) is 0 Å². The van der Waals surface area contributed by atoms with Crippen LogP contribution in [0.2, 0.25) is 0 Å². The highest BCUT2D eigenvalue weighted by molar-refractivity contribution is 5.58. The normalized spacial score (nSPS) is 18.3. The number of aromatic nitrogens is 3. The van der Waals surface area contributed by atoms with Crippen molar-refractivity contribution >= 4 is 0 Å². The van der Waals surface area contributed by atoms with Crippen molar-refractivity contribution in [2.24, 2.45) is 0 Å². The summed E-state index contributed by atoms with van der Waals surface area (Å²) in [5, 5.41) is 17.9. The molecule has 1 saturated heterocycles.